The number of nitrogens with zero attached hydrogens (tertiary/aromatic N) is 1. The van der Waals surface area contributed by atoms with Gasteiger partial charge in [-0.1, -0.05) is 30.3 Å². The van der Waals surface area contributed by atoms with Gasteiger partial charge >= 0.3 is 5.97 Å². The third kappa shape index (κ3) is 6.46. The summed E-state index contributed by atoms with van der Waals surface area (Å²) < 4.78 is 10.3. The maximum absolute atomic E-state index is 12.5. The zero-order chi connectivity index (χ0) is 22.1. The van der Waals surface area contributed by atoms with Crippen LogP contribution >= 0.6 is 0 Å². The maximum Gasteiger partial charge on any atom is 0.340 e. The number of rotatable bonds is 9. The van der Waals surface area contributed by atoms with E-state index in [-0.39, 0.29) is 19.0 Å². The zero-order valence-electron chi connectivity index (χ0n) is 17.0. The van der Waals surface area contributed by atoms with Gasteiger partial charge in [0, 0.05) is 12.7 Å². The number of esters is 1. The number of furan rings is 1. The first-order chi connectivity index (χ1) is 15.0. The van der Waals surface area contributed by atoms with Crippen molar-refractivity contribution in [2.75, 3.05) is 25.5 Å². The number of ether oxygens (including phenoxy) is 1. The SMILES string of the molecule is CN(CC(=O)NCc1ccco1)C(=O)COC(=O)c1ccccc1Nc1ccccc1. The number of benzene rings is 2. The molecule has 0 aliphatic carbocycles. The van der Waals surface area contributed by atoms with Crippen molar-refractivity contribution in [2.24, 2.45) is 0 Å². The van der Waals surface area contributed by atoms with Crippen molar-refractivity contribution < 1.29 is 23.5 Å². The van der Waals surface area contributed by atoms with Gasteiger partial charge in [0.1, 0.15) is 5.76 Å². The van der Waals surface area contributed by atoms with Crippen LogP contribution < -0.4 is 10.6 Å². The predicted molar refractivity (Wildman–Crippen MR) is 115 cm³/mol. The number of anilines is 2. The first-order valence-corrected chi connectivity index (χ1v) is 9.64. The lowest BCUT2D eigenvalue weighted by molar-refractivity contribution is -0.137. The van der Waals surface area contributed by atoms with Crippen molar-refractivity contribution in [3.63, 3.8) is 0 Å². The lowest BCUT2D eigenvalue weighted by Gasteiger charge is -2.17. The fourth-order valence-corrected chi connectivity index (χ4v) is 2.72. The number of hydrogen-bond acceptors (Lipinski definition) is 6. The smallest absolute Gasteiger partial charge is 0.340 e. The molecule has 0 fully saturated rings. The summed E-state index contributed by atoms with van der Waals surface area (Å²) in [7, 11) is 1.47. The molecule has 2 aromatic carbocycles. The van der Waals surface area contributed by atoms with Crippen LogP contribution in [0, 0.1) is 0 Å². The summed E-state index contributed by atoms with van der Waals surface area (Å²) in [6, 6.07) is 19.7. The van der Waals surface area contributed by atoms with Gasteiger partial charge in [-0.25, -0.2) is 4.79 Å². The molecule has 0 aliphatic heterocycles. The molecule has 3 rings (SSSR count). The van der Waals surface area contributed by atoms with Gasteiger partial charge in [0.25, 0.3) is 5.91 Å². The predicted octanol–water partition coefficient (Wildman–Crippen LogP) is 2.95. The molecule has 1 heterocycles. The molecule has 0 atom stereocenters. The second-order valence-corrected chi connectivity index (χ2v) is 6.72. The third-order valence-electron chi connectivity index (χ3n) is 4.37. The van der Waals surface area contributed by atoms with Crippen LogP contribution in [0.3, 0.4) is 0 Å². The van der Waals surface area contributed by atoms with Gasteiger partial charge in [-0.15, -0.1) is 0 Å². The molecular weight excluding hydrogens is 398 g/mol. The van der Waals surface area contributed by atoms with E-state index in [1.165, 1.54) is 18.2 Å². The minimum Gasteiger partial charge on any atom is -0.467 e. The maximum atomic E-state index is 12.5. The Hall–Kier alpha value is -4.07. The second kappa shape index (κ2) is 10.6. The fourth-order valence-electron chi connectivity index (χ4n) is 2.72. The summed E-state index contributed by atoms with van der Waals surface area (Å²) in [5.41, 5.74) is 1.69. The summed E-state index contributed by atoms with van der Waals surface area (Å²) in [6.07, 6.45) is 1.51. The average Bonchev–Trinajstić information content (AvgIpc) is 3.30. The van der Waals surface area contributed by atoms with Crippen LogP contribution in [-0.2, 0) is 20.9 Å². The average molecular weight is 421 g/mol. The van der Waals surface area contributed by atoms with Gasteiger partial charge < -0.3 is 24.7 Å². The first-order valence-electron chi connectivity index (χ1n) is 9.64. The normalized spacial score (nSPS) is 10.2. The Morgan fingerprint density at radius 3 is 2.45 bits per heavy atom. The minimum absolute atomic E-state index is 0.163. The van der Waals surface area contributed by atoms with Gasteiger partial charge in [-0.3, -0.25) is 9.59 Å². The monoisotopic (exact) mass is 421 g/mol. The Morgan fingerprint density at radius 1 is 0.968 bits per heavy atom. The quantitative estimate of drug-likeness (QED) is 0.515. The van der Waals surface area contributed by atoms with E-state index < -0.39 is 18.5 Å². The van der Waals surface area contributed by atoms with Gasteiger partial charge in [0.2, 0.25) is 5.91 Å². The number of amides is 2. The lowest BCUT2D eigenvalue weighted by Crippen LogP contribution is -2.39. The van der Waals surface area contributed by atoms with Crippen molar-refractivity contribution in [3.05, 3.63) is 84.3 Å². The van der Waals surface area contributed by atoms with Crippen LogP contribution in [0.15, 0.2) is 77.4 Å². The summed E-state index contributed by atoms with van der Waals surface area (Å²) in [5.74, 6) is -0.868. The van der Waals surface area contributed by atoms with Gasteiger partial charge in [-0.2, -0.15) is 0 Å². The molecule has 0 bridgehead atoms. The van der Waals surface area contributed by atoms with Crippen molar-refractivity contribution in [3.8, 4) is 0 Å². The Bertz CT molecular complexity index is 1020. The van der Waals surface area contributed by atoms with Crippen molar-refractivity contribution in [2.45, 2.75) is 6.54 Å². The molecule has 0 saturated heterocycles. The highest BCUT2D eigenvalue weighted by molar-refractivity contribution is 5.97. The molecule has 0 unspecified atom stereocenters. The molecule has 0 aliphatic rings. The molecule has 0 spiro atoms. The number of carbonyl (C=O) groups excluding carboxylic acids is 3. The van der Waals surface area contributed by atoms with Gasteiger partial charge in [0.15, 0.2) is 6.61 Å². The first kappa shape index (κ1) is 21.6. The highest BCUT2D eigenvalue weighted by Gasteiger charge is 2.18. The molecule has 2 N–H and O–H groups in total. The van der Waals surface area contributed by atoms with E-state index in [0.717, 1.165) is 5.69 Å². The summed E-state index contributed by atoms with van der Waals surface area (Å²) in [5, 5.41) is 5.81. The molecule has 0 radical (unpaired) electrons. The van der Waals surface area contributed by atoms with Gasteiger partial charge in [0.05, 0.1) is 30.6 Å². The molecular formula is C23H23N3O5. The molecule has 3 aromatic rings. The molecule has 8 nitrogen and oxygen atoms in total. The Kier molecular flexibility index (Phi) is 7.42. The third-order valence-corrected chi connectivity index (χ3v) is 4.37. The topological polar surface area (TPSA) is 101 Å². The molecule has 160 valence electrons. The van der Waals surface area contributed by atoms with E-state index in [0.29, 0.717) is 17.0 Å². The van der Waals surface area contributed by atoms with Crippen molar-refractivity contribution >= 4 is 29.2 Å². The van der Waals surface area contributed by atoms with Crippen molar-refractivity contribution in [1.82, 2.24) is 10.2 Å². The van der Waals surface area contributed by atoms with Gasteiger partial charge in [-0.05, 0) is 36.4 Å². The van der Waals surface area contributed by atoms with Crippen LogP contribution in [0.2, 0.25) is 0 Å². The largest absolute Gasteiger partial charge is 0.467 e. The van der Waals surface area contributed by atoms with E-state index >= 15 is 0 Å². The molecule has 8 heteroatoms. The van der Waals surface area contributed by atoms with Crippen molar-refractivity contribution in [1.29, 1.82) is 0 Å². The zero-order valence-corrected chi connectivity index (χ0v) is 17.0. The van der Waals surface area contributed by atoms with E-state index in [1.54, 1.807) is 36.4 Å². The number of nitrogens with one attached hydrogen (secondary N) is 2. The number of likely N-dealkylation sites (N-methyl/N-ethyl adjacent to an activating group) is 1. The molecule has 2 amide bonds. The lowest BCUT2D eigenvalue weighted by atomic mass is 10.1. The molecule has 31 heavy (non-hydrogen) atoms. The highest BCUT2D eigenvalue weighted by atomic mass is 16.5. The van der Waals surface area contributed by atoms with E-state index in [4.69, 9.17) is 9.15 Å². The van der Waals surface area contributed by atoms with E-state index in [2.05, 4.69) is 10.6 Å². The fraction of sp³-hybridized carbons (Fsp3) is 0.174. The minimum atomic E-state index is -0.636. The van der Waals surface area contributed by atoms with Crippen LogP contribution in [-0.4, -0.2) is 42.9 Å². The van der Waals surface area contributed by atoms with E-state index in [9.17, 15) is 14.4 Å². The summed E-state index contributed by atoms with van der Waals surface area (Å²) in [6.45, 7) is -0.405. The number of hydrogen-bond donors (Lipinski definition) is 2. The number of carbonyl (C=O) groups is 3. The highest BCUT2D eigenvalue weighted by Crippen LogP contribution is 2.21. The molecule has 1 aromatic heterocycles. The molecule has 0 saturated carbocycles. The second-order valence-electron chi connectivity index (χ2n) is 6.72. The summed E-state index contributed by atoms with van der Waals surface area (Å²) in [4.78, 5) is 37.9. The Morgan fingerprint density at radius 2 is 1.71 bits per heavy atom. The number of para-hydroxylation sites is 2. The van der Waals surface area contributed by atoms with Crippen LogP contribution in [0.1, 0.15) is 16.1 Å². The van der Waals surface area contributed by atoms with Crippen LogP contribution in [0.5, 0.6) is 0 Å². The van der Waals surface area contributed by atoms with E-state index in [1.807, 2.05) is 30.3 Å². The standard InChI is InChI=1S/C23H23N3O5/c1-26(15-21(27)24-14-18-10-7-13-30-18)22(28)16-31-23(29)19-11-5-6-12-20(19)25-17-8-3-2-4-9-17/h2-13,25H,14-16H2,1H3,(H,24,27). The van der Waals surface area contributed by atoms with Crippen LogP contribution in [0.4, 0.5) is 11.4 Å². The van der Waals surface area contributed by atoms with Crippen LogP contribution in [0.25, 0.3) is 0 Å². The summed E-state index contributed by atoms with van der Waals surface area (Å²) >= 11 is 0. The Balaban J connectivity index is 1.49. The Labute approximate surface area is 179 Å².